The summed E-state index contributed by atoms with van der Waals surface area (Å²) in [5.41, 5.74) is 14.1. The number of carbonyl (C=O) groups excluding carboxylic acids is 3. The van der Waals surface area contributed by atoms with Crippen molar-refractivity contribution in [1.82, 2.24) is 20.9 Å². The SMILES string of the molecule is CC(O)C(NC(=O)C(CCCCN)NC(=O)C(N)Cc1c[nH]c2ccccc12)C(=O)NC(Cc1ccc(O)cc1)C(=O)O. The van der Waals surface area contributed by atoms with Crippen molar-refractivity contribution in [3.8, 4) is 5.75 Å². The molecule has 3 amide bonds. The number of para-hydroxylation sites is 1. The second-order valence-corrected chi connectivity index (χ2v) is 10.5. The number of aromatic amines is 1. The number of H-pyrrole nitrogens is 1. The minimum Gasteiger partial charge on any atom is -0.508 e. The molecule has 5 atom stereocenters. The third kappa shape index (κ3) is 9.53. The molecule has 3 rings (SSSR count). The zero-order valence-corrected chi connectivity index (χ0v) is 24.0. The fourth-order valence-electron chi connectivity index (χ4n) is 4.66. The number of carboxylic acid groups (broad SMARTS) is 1. The minimum absolute atomic E-state index is 0.00331. The van der Waals surface area contributed by atoms with E-state index >= 15 is 0 Å². The zero-order valence-electron chi connectivity index (χ0n) is 24.0. The lowest BCUT2D eigenvalue weighted by atomic mass is 10.0. The van der Waals surface area contributed by atoms with E-state index in [1.165, 1.54) is 31.2 Å². The van der Waals surface area contributed by atoms with Crippen LogP contribution >= 0.6 is 0 Å². The van der Waals surface area contributed by atoms with Gasteiger partial charge >= 0.3 is 5.97 Å². The normalized spacial score (nSPS) is 14.7. The highest BCUT2D eigenvalue weighted by Gasteiger charge is 2.33. The monoisotopic (exact) mass is 596 g/mol. The summed E-state index contributed by atoms with van der Waals surface area (Å²) in [6.45, 7) is 1.65. The number of phenolic OH excluding ortho intramolecular Hbond substituents is 1. The van der Waals surface area contributed by atoms with Gasteiger partial charge < -0.3 is 47.7 Å². The summed E-state index contributed by atoms with van der Waals surface area (Å²) in [6.07, 6.45) is 1.77. The van der Waals surface area contributed by atoms with Crippen molar-refractivity contribution in [2.24, 2.45) is 11.5 Å². The standard InChI is InChI=1S/C30H40N6O7/c1-17(37)26(29(41)35-25(30(42)43)14-18-9-11-20(38)12-10-18)36-28(40)24(8-4-5-13-31)34-27(39)22(32)15-19-16-33-23-7-3-2-6-21(19)23/h2-3,6-7,9-12,16-17,22,24-26,33,37-38H,4-5,8,13-15,31-32H2,1H3,(H,34,39)(H,35,41)(H,36,40)(H,42,43). The molecule has 0 bridgehead atoms. The van der Waals surface area contributed by atoms with Gasteiger partial charge in [0, 0.05) is 23.5 Å². The number of aliphatic carboxylic acids is 1. The highest BCUT2D eigenvalue weighted by Crippen LogP contribution is 2.19. The molecule has 0 aliphatic rings. The van der Waals surface area contributed by atoms with Crippen LogP contribution in [0.4, 0.5) is 0 Å². The maximum absolute atomic E-state index is 13.3. The Morgan fingerprint density at radius 2 is 1.56 bits per heavy atom. The summed E-state index contributed by atoms with van der Waals surface area (Å²) in [5, 5.41) is 37.8. The Labute approximate surface area is 249 Å². The maximum Gasteiger partial charge on any atom is 0.326 e. The number of nitrogens with two attached hydrogens (primary N) is 2. The Balaban J connectivity index is 1.68. The van der Waals surface area contributed by atoms with Crippen LogP contribution in [0.2, 0.25) is 0 Å². The zero-order chi connectivity index (χ0) is 31.5. The van der Waals surface area contributed by atoms with Crippen LogP contribution < -0.4 is 27.4 Å². The summed E-state index contributed by atoms with van der Waals surface area (Å²) >= 11 is 0. The number of rotatable bonds is 16. The molecule has 0 spiro atoms. The van der Waals surface area contributed by atoms with Crippen molar-refractivity contribution in [1.29, 1.82) is 0 Å². The Hall–Kier alpha value is -4.46. The maximum atomic E-state index is 13.3. The van der Waals surface area contributed by atoms with Crippen LogP contribution in [0.15, 0.2) is 54.7 Å². The van der Waals surface area contributed by atoms with Crippen LogP contribution in [-0.4, -0.2) is 80.8 Å². The van der Waals surface area contributed by atoms with E-state index in [9.17, 15) is 34.5 Å². The quantitative estimate of drug-likeness (QED) is 0.101. The smallest absolute Gasteiger partial charge is 0.326 e. The van der Waals surface area contributed by atoms with Gasteiger partial charge in [0.2, 0.25) is 17.7 Å². The highest BCUT2D eigenvalue weighted by molar-refractivity contribution is 5.94. The Kier molecular flexibility index (Phi) is 12.0. The molecule has 13 heteroatoms. The van der Waals surface area contributed by atoms with Crippen LogP contribution in [0.3, 0.4) is 0 Å². The summed E-state index contributed by atoms with van der Waals surface area (Å²) in [4.78, 5) is 54.4. The number of nitrogens with one attached hydrogen (secondary N) is 4. The lowest BCUT2D eigenvalue weighted by Gasteiger charge is -2.26. The van der Waals surface area contributed by atoms with Crippen molar-refractivity contribution in [3.63, 3.8) is 0 Å². The molecule has 3 aromatic rings. The second kappa shape index (κ2) is 15.7. The van der Waals surface area contributed by atoms with Gasteiger partial charge in [-0.25, -0.2) is 4.79 Å². The Morgan fingerprint density at radius 3 is 2.21 bits per heavy atom. The molecule has 5 unspecified atom stereocenters. The van der Waals surface area contributed by atoms with Crippen LogP contribution in [-0.2, 0) is 32.0 Å². The van der Waals surface area contributed by atoms with Gasteiger partial charge in [0.05, 0.1) is 12.1 Å². The molecule has 2 aromatic carbocycles. The van der Waals surface area contributed by atoms with E-state index in [0.717, 1.165) is 16.5 Å². The molecule has 0 radical (unpaired) electrons. The van der Waals surface area contributed by atoms with Crippen LogP contribution in [0.25, 0.3) is 10.9 Å². The van der Waals surface area contributed by atoms with E-state index in [1.54, 1.807) is 6.20 Å². The van der Waals surface area contributed by atoms with Crippen molar-refractivity contribution >= 4 is 34.6 Å². The number of unbranched alkanes of at least 4 members (excludes halogenated alkanes) is 1. The van der Waals surface area contributed by atoms with E-state index < -0.39 is 54.0 Å². The van der Waals surface area contributed by atoms with Gasteiger partial charge in [0.1, 0.15) is 23.9 Å². The van der Waals surface area contributed by atoms with E-state index in [2.05, 4.69) is 20.9 Å². The number of aromatic hydroxyl groups is 1. The van der Waals surface area contributed by atoms with Crippen molar-refractivity contribution in [2.75, 3.05) is 6.54 Å². The first-order valence-electron chi connectivity index (χ1n) is 14.1. The van der Waals surface area contributed by atoms with Gasteiger partial charge in [0.25, 0.3) is 0 Å². The summed E-state index contributed by atoms with van der Waals surface area (Å²) in [6, 6.07) is 8.44. The number of aliphatic hydroxyl groups is 1. The first-order valence-corrected chi connectivity index (χ1v) is 14.1. The predicted octanol–water partition coefficient (Wildman–Crippen LogP) is 0.0348. The molecule has 0 aliphatic heterocycles. The van der Waals surface area contributed by atoms with E-state index in [4.69, 9.17) is 11.5 Å². The van der Waals surface area contributed by atoms with Gasteiger partial charge in [0.15, 0.2) is 0 Å². The lowest BCUT2D eigenvalue weighted by Crippen LogP contribution is -2.60. The summed E-state index contributed by atoms with van der Waals surface area (Å²) in [7, 11) is 0. The van der Waals surface area contributed by atoms with Crippen molar-refractivity contribution < 1.29 is 34.5 Å². The van der Waals surface area contributed by atoms with Gasteiger partial charge in [-0.2, -0.15) is 0 Å². The van der Waals surface area contributed by atoms with E-state index in [1.807, 2.05) is 24.3 Å². The molecular formula is C30H40N6O7. The molecule has 1 heterocycles. The van der Waals surface area contributed by atoms with Crippen LogP contribution in [0.1, 0.15) is 37.3 Å². The number of amides is 3. The first-order chi connectivity index (χ1) is 20.5. The molecule has 232 valence electrons. The van der Waals surface area contributed by atoms with E-state index in [0.29, 0.717) is 24.9 Å². The summed E-state index contributed by atoms with van der Waals surface area (Å²) in [5.74, 6) is -3.55. The molecule has 0 saturated carbocycles. The second-order valence-electron chi connectivity index (χ2n) is 10.5. The fourth-order valence-corrected chi connectivity index (χ4v) is 4.66. The Morgan fingerprint density at radius 1 is 0.884 bits per heavy atom. The number of hydrogen-bond donors (Lipinski definition) is 9. The molecule has 1 aromatic heterocycles. The lowest BCUT2D eigenvalue weighted by molar-refractivity contribution is -0.143. The van der Waals surface area contributed by atoms with Crippen LogP contribution in [0, 0.1) is 0 Å². The van der Waals surface area contributed by atoms with Crippen LogP contribution in [0.5, 0.6) is 5.75 Å². The average molecular weight is 597 g/mol. The number of aromatic nitrogens is 1. The topological polar surface area (TPSA) is 233 Å². The molecule has 11 N–H and O–H groups in total. The minimum atomic E-state index is -1.51. The van der Waals surface area contributed by atoms with Crippen molar-refractivity contribution in [3.05, 3.63) is 65.9 Å². The fraction of sp³-hybridized carbons (Fsp3) is 0.400. The molecule has 0 aliphatic carbocycles. The molecule has 0 saturated heterocycles. The first kappa shape index (κ1) is 33.0. The van der Waals surface area contributed by atoms with Gasteiger partial charge in [-0.15, -0.1) is 0 Å². The number of fused-ring (bicyclic) bond motifs is 1. The highest BCUT2D eigenvalue weighted by atomic mass is 16.4. The third-order valence-corrected chi connectivity index (χ3v) is 7.08. The van der Waals surface area contributed by atoms with Gasteiger partial charge in [-0.3, -0.25) is 14.4 Å². The molecule has 13 nitrogen and oxygen atoms in total. The van der Waals surface area contributed by atoms with Gasteiger partial charge in [-0.05, 0) is 68.5 Å². The Bertz CT molecular complexity index is 1390. The largest absolute Gasteiger partial charge is 0.508 e. The number of hydrogen-bond acceptors (Lipinski definition) is 8. The number of benzene rings is 2. The molecule has 43 heavy (non-hydrogen) atoms. The van der Waals surface area contributed by atoms with E-state index in [-0.39, 0.29) is 25.0 Å². The molecular weight excluding hydrogens is 556 g/mol. The number of carbonyl (C=O) groups is 4. The molecule has 0 fully saturated rings. The van der Waals surface area contributed by atoms with Gasteiger partial charge in [-0.1, -0.05) is 30.3 Å². The third-order valence-electron chi connectivity index (χ3n) is 7.08. The number of carboxylic acids is 1. The number of aliphatic hydroxyl groups excluding tert-OH is 1. The predicted molar refractivity (Wildman–Crippen MR) is 160 cm³/mol. The van der Waals surface area contributed by atoms with Crippen molar-refractivity contribution in [2.45, 2.75) is 69.3 Å². The number of phenols is 1. The average Bonchev–Trinajstić information content (AvgIpc) is 3.38. The summed E-state index contributed by atoms with van der Waals surface area (Å²) < 4.78 is 0.